The molecule has 2 nitrogen and oxygen atoms in total. The summed E-state index contributed by atoms with van der Waals surface area (Å²) in [6.45, 7) is 0. The van der Waals surface area contributed by atoms with Gasteiger partial charge in [0.25, 0.3) is 0 Å². The van der Waals surface area contributed by atoms with E-state index in [4.69, 9.17) is 0 Å². The molecule has 1 N–H and O–H groups in total. The maximum Gasteiger partial charge on any atom is 0.228 e. The Balaban J connectivity index is 1.47. The molecule has 0 saturated heterocycles. The van der Waals surface area contributed by atoms with E-state index < -0.39 is 0 Å². The van der Waals surface area contributed by atoms with Crippen molar-refractivity contribution in [2.24, 2.45) is 17.8 Å². The molecule has 0 unspecified atom stereocenters. The third kappa shape index (κ3) is 3.75. The lowest BCUT2D eigenvalue weighted by Crippen LogP contribution is -2.16. The molecule has 2 atom stereocenters. The van der Waals surface area contributed by atoms with Crippen molar-refractivity contribution in [2.45, 2.75) is 38.5 Å². The number of fused-ring (bicyclic) bond motifs is 2. The van der Waals surface area contributed by atoms with Crippen molar-refractivity contribution in [2.75, 3.05) is 5.32 Å². The number of carbonyl (C=O) groups excluding carboxylic acids is 1. The zero-order valence-corrected chi connectivity index (χ0v) is 15.2. The Hall–Kier alpha value is -2.35. The fraction of sp³-hybridized carbons (Fsp3) is 0.375. The summed E-state index contributed by atoms with van der Waals surface area (Å²) in [5.41, 5.74) is 0.940. The van der Waals surface area contributed by atoms with E-state index in [0.29, 0.717) is 11.8 Å². The Bertz CT molecular complexity index is 806. The number of allylic oxidation sites excluding steroid dienone is 4. The average molecular weight is 345 g/mol. The molecule has 4 rings (SSSR count). The Kier molecular flexibility index (Phi) is 5.19. The zero-order valence-electron chi connectivity index (χ0n) is 15.2. The molecular formula is C24H27NO. The van der Waals surface area contributed by atoms with Crippen LogP contribution in [0.3, 0.4) is 0 Å². The zero-order chi connectivity index (χ0) is 17.8. The molecule has 2 aromatic rings. The fourth-order valence-corrected chi connectivity index (χ4v) is 4.41. The number of amides is 1. The van der Waals surface area contributed by atoms with Crippen LogP contribution in [0.25, 0.3) is 10.8 Å². The minimum absolute atomic E-state index is 0.177. The monoisotopic (exact) mass is 345 g/mol. The predicted molar refractivity (Wildman–Crippen MR) is 109 cm³/mol. The van der Waals surface area contributed by atoms with E-state index in [1.807, 2.05) is 24.3 Å². The lowest BCUT2D eigenvalue weighted by atomic mass is 10.1. The van der Waals surface area contributed by atoms with Gasteiger partial charge < -0.3 is 5.32 Å². The second kappa shape index (κ2) is 7.90. The number of anilines is 1. The highest BCUT2D eigenvalue weighted by molar-refractivity contribution is 6.03. The van der Waals surface area contributed by atoms with Crippen molar-refractivity contribution in [1.29, 1.82) is 0 Å². The van der Waals surface area contributed by atoms with E-state index >= 15 is 0 Å². The molecule has 0 aromatic heterocycles. The summed E-state index contributed by atoms with van der Waals surface area (Å²) < 4.78 is 0. The van der Waals surface area contributed by atoms with Gasteiger partial charge in [-0.3, -0.25) is 4.79 Å². The molecule has 0 bridgehead atoms. The van der Waals surface area contributed by atoms with Crippen molar-refractivity contribution in [3.05, 3.63) is 66.8 Å². The van der Waals surface area contributed by atoms with E-state index in [9.17, 15) is 4.79 Å². The second-order valence-electron chi connectivity index (χ2n) is 7.54. The maximum atomic E-state index is 13.0. The molecule has 2 aliphatic rings. The van der Waals surface area contributed by atoms with Crippen LogP contribution in [-0.2, 0) is 4.79 Å². The molecule has 0 radical (unpaired) electrons. The molecule has 134 valence electrons. The van der Waals surface area contributed by atoms with Gasteiger partial charge in [-0.25, -0.2) is 0 Å². The highest BCUT2D eigenvalue weighted by atomic mass is 16.2. The third-order valence-corrected chi connectivity index (χ3v) is 5.85. The van der Waals surface area contributed by atoms with Gasteiger partial charge in [0.05, 0.1) is 0 Å². The average Bonchev–Trinajstić information content (AvgIpc) is 3.34. The smallest absolute Gasteiger partial charge is 0.228 e. The Morgan fingerprint density at radius 2 is 1.38 bits per heavy atom. The van der Waals surface area contributed by atoms with Crippen LogP contribution in [-0.4, -0.2) is 5.91 Å². The third-order valence-electron chi connectivity index (χ3n) is 5.85. The molecule has 1 fully saturated rings. The van der Waals surface area contributed by atoms with Gasteiger partial charge in [-0.15, -0.1) is 0 Å². The van der Waals surface area contributed by atoms with Crippen molar-refractivity contribution in [3.63, 3.8) is 0 Å². The molecule has 26 heavy (non-hydrogen) atoms. The summed E-state index contributed by atoms with van der Waals surface area (Å²) in [6, 6.07) is 14.4. The molecule has 2 aromatic carbocycles. The first-order chi connectivity index (χ1) is 12.8. The number of nitrogens with one attached hydrogen (secondary N) is 1. The molecule has 1 amide bonds. The van der Waals surface area contributed by atoms with Crippen LogP contribution in [0.1, 0.15) is 38.5 Å². The lowest BCUT2D eigenvalue weighted by molar-refractivity contribution is -0.117. The topological polar surface area (TPSA) is 29.1 Å². The van der Waals surface area contributed by atoms with Crippen molar-refractivity contribution in [1.82, 2.24) is 0 Å². The standard InChI is InChI=1S/C24H27NO/c26-24(25-22-17-11-13-18-12-9-10-14-19(18)22)23-20-15-7-5-3-1-2-4-6-8-16-21(20)23/h3-6,9-14,17,20-21,23H,1-2,7-8,15-16H2,(H,25,26)/t20-,21-,23?/m1/s1. The Morgan fingerprint density at radius 3 is 2.12 bits per heavy atom. The van der Waals surface area contributed by atoms with E-state index in [1.165, 1.54) is 5.39 Å². The van der Waals surface area contributed by atoms with Crippen LogP contribution < -0.4 is 5.32 Å². The van der Waals surface area contributed by atoms with E-state index in [1.54, 1.807) is 0 Å². The second-order valence-corrected chi connectivity index (χ2v) is 7.54. The van der Waals surface area contributed by atoms with Gasteiger partial charge in [0.2, 0.25) is 5.91 Å². The lowest BCUT2D eigenvalue weighted by Gasteiger charge is -2.09. The Labute approximate surface area is 156 Å². The van der Waals surface area contributed by atoms with Crippen LogP contribution in [0.5, 0.6) is 0 Å². The number of hydrogen-bond donors (Lipinski definition) is 1. The Morgan fingerprint density at radius 1 is 0.769 bits per heavy atom. The van der Waals surface area contributed by atoms with Crippen LogP contribution in [0.2, 0.25) is 0 Å². The summed E-state index contributed by atoms with van der Waals surface area (Å²) in [4.78, 5) is 13.0. The number of benzene rings is 2. The van der Waals surface area contributed by atoms with Gasteiger partial charge >= 0.3 is 0 Å². The largest absolute Gasteiger partial charge is 0.325 e. The number of rotatable bonds is 2. The van der Waals surface area contributed by atoms with Crippen molar-refractivity contribution >= 4 is 22.4 Å². The molecule has 1 saturated carbocycles. The van der Waals surface area contributed by atoms with Gasteiger partial charge in [0.1, 0.15) is 0 Å². The van der Waals surface area contributed by atoms with Crippen LogP contribution >= 0.6 is 0 Å². The van der Waals surface area contributed by atoms with Gasteiger partial charge in [0.15, 0.2) is 0 Å². The first-order valence-corrected chi connectivity index (χ1v) is 9.93. The maximum absolute atomic E-state index is 13.0. The van der Waals surface area contributed by atoms with E-state index in [0.717, 1.165) is 49.6 Å². The molecule has 0 spiro atoms. The minimum atomic E-state index is 0.177. The van der Waals surface area contributed by atoms with Crippen LogP contribution in [0, 0.1) is 17.8 Å². The van der Waals surface area contributed by atoms with Gasteiger partial charge in [-0.1, -0.05) is 60.7 Å². The van der Waals surface area contributed by atoms with E-state index in [2.05, 4.69) is 47.8 Å². The molecule has 2 heteroatoms. The molecular weight excluding hydrogens is 318 g/mol. The number of hydrogen-bond acceptors (Lipinski definition) is 1. The molecule has 2 aliphatic carbocycles. The van der Waals surface area contributed by atoms with Crippen LogP contribution in [0.4, 0.5) is 5.69 Å². The fourth-order valence-electron chi connectivity index (χ4n) is 4.41. The van der Waals surface area contributed by atoms with Crippen molar-refractivity contribution < 1.29 is 4.79 Å². The summed E-state index contributed by atoms with van der Waals surface area (Å²) in [5.74, 6) is 1.47. The van der Waals surface area contributed by atoms with Gasteiger partial charge in [-0.05, 0) is 61.8 Å². The first kappa shape index (κ1) is 17.1. The normalized spacial score (nSPS) is 25.8. The summed E-state index contributed by atoms with van der Waals surface area (Å²) in [5, 5.41) is 5.51. The first-order valence-electron chi connectivity index (χ1n) is 9.93. The van der Waals surface area contributed by atoms with Crippen molar-refractivity contribution in [3.8, 4) is 0 Å². The highest BCUT2D eigenvalue weighted by Crippen LogP contribution is 2.52. The highest BCUT2D eigenvalue weighted by Gasteiger charge is 2.52. The number of carbonyl (C=O) groups is 1. The van der Waals surface area contributed by atoms with Crippen LogP contribution in [0.15, 0.2) is 66.8 Å². The summed E-state index contributed by atoms with van der Waals surface area (Å²) >= 11 is 0. The SMILES string of the molecule is O=C(Nc1cccc2ccccc12)C1[C@@H]2CCC=CCCC=CCC[C@@H]12. The van der Waals surface area contributed by atoms with Gasteiger partial charge in [0, 0.05) is 17.0 Å². The van der Waals surface area contributed by atoms with E-state index in [-0.39, 0.29) is 11.8 Å². The summed E-state index contributed by atoms with van der Waals surface area (Å²) in [6.07, 6.45) is 15.9. The predicted octanol–water partition coefficient (Wildman–Crippen LogP) is 6.11. The molecule has 0 aliphatic heterocycles. The summed E-state index contributed by atoms with van der Waals surface area (Å²) in [7, 11) is 0. The minimum Gasteiger partial charge on any atom is -0.325 e. The van der Waals surface area contributed by atoms with Gasteiger partial charge in [-0.2, -0.15) is 0 Å². The molecule has 0 heterocycles. The quantitative estimate of drug-likeness (QED) is 0.654.